The van der Waals surface area contributed by atoms with E-state index < -0.39 is 0 Å². The summed E-state index contributed by atoms with van der Waals surface area (Å²) in [5.41, 5.74) is 3.82. The number of nitrogens with zero attached hydrogens (tertiary/aromatic N) is 1. The second-order valence-electron chi connectivity index (χ2n) is 6.34. The van der Waals surface area contributed by atoms with Gasteiger partial charge in [-0.05, 0) is 48.9 Å². The predicted molar refractivity (Wildman–Crippen MR) is 104 cm³/mol. The zero-order valence-electron chi connectivity index (χ0n) is 15.9. The molecule has 28 heavy (non-hydrogen) atoms. The molecule has 1 atom stereocenters. The first kappa shape index (κ1) is 17.9. The van der Waals surface area contributed by atoms with Crippen molar-refractivity contribution < 1.29 is 19.0 Å². The van der Waals surface area contributed by atoms with Gasteiger partial charge in [-0.25, -0.2) is 0 Å². The Balaban J connectivity index is 1.76. The number of methoxy groups -OCH3 is 2. The van der Waals surface area contributed by atoms with Gasteiger partial charge in [-0.1, -0.05) is 6.07 Å². The van der Waals surface area contributed by atoms with Crippen molar-refractivity contribution in [3.8, 4) is 28.5 Å². The lowest BCUT2D eigenvalue weighted by Crippen LogP contribution is -2.21. The molecule has 2 N–H and O–H groups in total. The van der Waals surface area contributed by atoms with Crippen LogP contribution in [0.25, 0.3) is 11.3 Å². The number of fused-ring (bicyclic) bond motifs is 1. The lowest BCUT2D eigenvalue weighted by atomic mass is 9.96. The molecule has 0 bridgehead atoms. The third-order valence-electron chi connectivity index (χ3n) is 4.77. The van der Waals surface area contributed by atoms with E-state index in [9.17, 15) is 4.79 Å². The summed E-state index contributed by atoms with van der Waals surface area (Å²) in [5.74, 6) is 1.85. The summed E-state index contributed by atoms with van der Waals surface area (Å²) in [6.45, 7) is 2.55. The zero-order valence-corrected chi connectivity index (χ0v) is 15.9. The molecule has 2 heterocycles. The minimum Gasteiger partial charge on any atom is -0.494 e. The summed E-state index contributed by atoms with van der Waals surface area (Å²) in [6, 6.07) is 13.0. The fourth-order valence-corrected chi connectivity index (χ4v) is 3.46. The molecular weight excluding hydrogens is 358 g/mol. The number of nitrogens with one attached hydrogen (secondary N) is 2. The number of rotatable bonds is 6. The monoisotopic (exact) mass is 379 g/mol. The van der Waals surface area contributed by atoms with Crippen molar-refractivity contribution in [3.63, 3.8) is 0 Å². The van der Waals surface area contributed by atoms with Crippen LogP contribution in [-0.4, -0.2) is 36.9 Å². The number of hydrogen-bond donors (Lipinski definition) is 2. The topological polar surface area (TPSA) is 85.5 Å². The van der Waals surface area contributed by atoms with Crippen molar-refractivity contribution in [3.05, 3.63) is 59.3 Å². The first-order valence-corrected chi connectivity index (χ1v) is 9.00. The van der Waals surface area contributed by atoms with Gasteiger partial charge in [-0.3, -0.25) is 9.89 Å². The summed E-state index contributed by atoms with van der Waals surface area (Å²) in [7, 11) is 3.18. The van der Waals surface area contributed by atoms with Crippen LogP contribution >= 0.6 is 0 Å². The average Bonchev–Trinajstić information content (AvgIpc) is 3.30. The number of aromatic amines is 1. The highest BCUT2D eigenvalue weighted by Gasteiger charge is 2.35. The number of aromatic nitrogens is 2. The highest BCUT2D eigenvalue weighted by molar-refractivity contribution is 6.00. The Labute approximate surface area is 162 Å². The van der Waals surface area contributed by atoms with Crippen LogP contribution in [0.1, 0.15) is 34.6 Å². The average molecular weight is 379 g/mol. The van der Waals surface area contributed by atoms with Crippen LogP contribution in [0.2, 0.25) is 0 Å². The molecule has 1 aliphatic rings. The van der Waals surface area contributed by atoms with Gasteiger partial charge in [0.1, 0.15) is 11.4 Å². The van der Waals surface area contributed by atoms with E-state index in [0.29, 0.717) is 23.8 Å². The largest absolute Gasteiger partial charge is 0.494 e. The van der Waals surface area contributed by atoms with E-state index in [-0.39, 0.29) is 11.9 Å². The third kappa shape index (κ3) is 2.94. The molecule has 0 aliphatic carbocycles. The Bertz CT molecular complexity index is 1010. The fourth-order valence-electron chi connectivity index (χ4n) is 3.46. The van der Waals surface area contributed by atoms with E-state index in [2.05, 4.69) is 15.5 Å². The molecular formula is C21H21N3O4. The molecule has 7 nitrogen and oxygen atoms in total. The van der Waals surface area contributed by atoms with Crippen LogP contribution in [0.5, 0.6) is 17.2 Å². The van der Waals surface area contributed by atoms with Crippen molar-refractivity contribution >= 4 is 5.91 Å². The van der Waals surface area contributed by atoms with Crippen molar-refractivity contribution in [1.29, 1.82) is 0 Å². The Morgan fingerprint density at radius 3 is 2.46 bits per heavy atom. The van der Waals surface area contributed by atoms with Gasteiger partial charge < -0.3 is 19.5 Å². The first-order chi connectivity index (χ1) is 13.7. The van der Waals surface area contributed by atoms with Crippen molar-refractivity contribution in [2.24, 2.45) is 0 Å². The van der Waals surface area contributed by atoms with Gasteiger partial charge in [0.15, 0.2) is 11.5 Å². The quantitative estimate of drug-likeness (QED) is 0.686. The molecule has 0 unspecified atom stereocenters. The van der Waals surface area contributed by atoms with Gasteiger partial charge in [-0.2, -0.15) is 5.10 Å². The van der Waals surface area contributed by atoms with E-state index in [1.807, 2.05) is 49.4 Å². The number of amides is 1. The van der Waals surface area contributed by atoms with Crippen LogP contribution in [0, 0.1) is 0 Å². The number of carbonyl (C=O) groups excluding carboxylic acids is 1. The Hall–Kier alpha value is -3.48. The van der Waals surface area contributed by atoms with Crippen LogP contribution in [0.4, 0.5) is 0 Å². The Kier molecular flexibility index (Phi) is 4.65. The van der Waals surface area contributed by atoms with Crippen LogP contribution < -0.4 is 19.5 Å². The molecule has 3 aromatic rings. The zero-order chi connectivity index (χ0) is 19.7. The van der Waals surface area contributed by atoms with Gasteiger partial charge in [0, 0.05) is 11.1 Å². The summed E-state index contributed by atoms with van der Waals surface area (Å²) in [4.78, 5) is 12.5. The molecule has 0 spiro atoms. The molecule has 1 amide bonds. The SMILES string of the molecule is CCOc1ccc(-c2n[nH]c3c2[C@@H](c2ccc(OC)c(OC)c2)NC3=O)cc1. The Morgan fingerprint density at radius 2 is 1.79 bits per heavy atom. The highest BCUT2D eigenvalue weighted by atomic mass is 16.5. The number of carbonyl (C=O) groups is 1. The molecule has 0 radical (unpaired) electrons. The predicted octanol–water partition coefficient (Wildman–Crippen LogP) is 3.33. The lowest BCUT2D eigenvalue weighted by molar-refractivity contribution is 0.0955. The summed E-state index contributed by atoms with van der Waals surface area (Å²) in [6.07, 6.45) is 0. The van der Waals surface area contributed by atoms with Gasteiger partial charge in [0.05, 0.1) is 32.6 Å². The van der Waals surface area contributed by atoms with Crippen LogP contribution in [0.15, 0.2) is 42.5 Å². The van der Waals surface area contributed by atoms with Crippen molar-refractivity contribution in [2.45, 2.75) is 13.0 Å². The molecule has 4 rings (SSSR count). The maximum atomic E-state index is 12.5. The van der Waals surface area contributed by atoms with Crippen LogP contribution in [0.3, 0.4) is 0 Å². The number of benzene rings is 2. The van der Waals surface area contributed by atoms with Gasteiger partial charge >= 0.3 is 0 Å². The van der Waals surface area contributed by atoms with E-state index in [1.165, 1.54) is 0 Å². The second-order valence-corrected chi connectivity index (χ2v) is 6.34. The smallest absolute Gasteiger partial charge is 0.270 e. The minimum atomic E-state index is -0.331. The first-order valence-electron chi connectivity index (χ1n) is 9.00. The van der Waals surface area contributed by atoms with Crippen molar-refractivity contribution in [2.75, 3.05) is 20.8 Å². The van der Waals surface area contributed by atoms with Gasteiger partial charge in [0.25, 0.3) is 5.91 Å². The third-order valence-corrected chi connectivity index (χ3v) is 4.77. The summed E-state index contributed by atoms with van der Waals surface area (Å²) in [5, 5.41) is 10.3. The normalized spacial score (nSPS) is 15.1. The van der Waals surface area contributed by atoms with E-state index in [1.54, 1.807) is 14.2 Å². The van der Waals surface area contributed by atoms with Crippen molar-refractivity contribution in [1.82, 2.24) is 15.5 Å². The lowest BCUT2D eigenvalue weighted by Gasteiger charge is -2.16. The number of ether oxygens (including phenoxy) is 3. The van der Waals surface area contributed by atoms with E-state index in [0.717, 1.165) is 28.1 Å². The number of H-pyrrole nitrogens is 1. The summed E-state index contributed by atoms with van der Waals surface area (Å²) >= 11 is 0. The molecule has 0 fully saturated rings. The summed E-state index contributed by atoms with van der Waals surface area (Å²) < 4.78 is 16.2. The van der Waals surface area contributed by atoms with Gasteiger partial charge in [0.2, 0.25) is 0 Å². The Morgan fingerprint density at radius 1 is 1.04 bits per heavy atom. The molecule has 7 heteroatoms. The molecule has 144 valence electrons. The molecule has 1 aliphatic heterocycles. The molecule has 2 aromatic carbocycles. The number of hydrogen-bond acceptors (Lipinski definition) is 5. The maximum absolute atomic E-state index is 12.5. The highest BCUT2D eigenvalue weighted by Crippen LogP contribution is 2.39. The van der Waals surface area contributed by atoms with Crippen LogP contribution in [-0.2, 0) is 0 Å². The molecule has 1 aromatic heterocycles. The minimum absolute atomic E-state index is 0.181. The van der Waals surface area contributed by atoms with E-state index in [4.69, 9.17) is 14.2 Å². The van der Waals surface area contributed by atoms with E-state index >= 15 is 0 Å². The maximum Gasteiger partial charge on any atom is 0.270 e. The standard InChI is InChI=1S/C21H21N3O4/c1-4-28-14-8-5-12(6-9-14)19-17-18(22-21(25)20(17)24-23-19)13-7-10-15(26-2)16(11-13)27-3/h5-11,18H,4H2,1-3H3,(H,22,25)(H,23,24)/t18-/m1/s1. The van der Waals surface area contributed by atoms with Gasteiger partial charge in [-0.15, -0.1) is 0 Å². The fraction of sp³-hybridized carbons (Fsp3) is 0.238. The second kappa shape index (κ2) is 7.26. The molecule has 0 saturated heterocycles. The molecule has 0 saturated carbocycles.